The Morgan fingerprint density at radius 2 is 1.67 bits per heavy atom. The molecule has 33 heavy (non-hydrogen) atoms. The highest BCUT2D eigenvalue weighted by Crippen LogP contribution is 2.30. The van der Waals surface area contributed by atoms with Crippen LogP contribution in [0.5, 0.6) is 0 Å². The van der Waals surface area contributed by atoms with Crippen LogP contribution in [0.4, 0.5) is 22.0 Å². The number of carbonyl (C=O) groups is 2. The minimum absolute atomic E-state index is 0.297. The van der Waals surface area contributed by atoms with Gasteiger partial charge in [-0.3, -0.25) is 9.89 Å². The van der Waals surface area contributed by atoms with E-state index >= 15 is 0 Å². The molecule has 0 spiro atoms. The zero-order valence-electron chi connectivity index (χ0n) is 17.8. The Balaban J connectivity index is 1.44. The van der Waals surface area contributed by atoms with E-state index < -0.39 is 6.04 Å². The van der Waals surface area contributed by atoms with Gasteiger partial charge in [-0.05, 0) is 42.8 Å². The molecule has 0 radical (unpaired) electrons. The number of hydrogen-bond acceptors (Lipinski definition) is 4. The van der Waals surface area contributed by atoms with Crippen molar-refractivity contribution in [2.24, 2.45) is 0 Å². The van der Waals surface area contributed by atoms with Crippen LogP contribution in [-0.4, -0.2) is 22.1 Å². The molecule has 0 fully saturated rings. The molecular formula is C25H22N6O2. The van der Waals surface area contributed by atoms with Gasteiger partial charge in [0.05, 0.1) is 17.1 Å². The van der Waals surface area contributed by atoms with Gasteiger partial charge in [0.25, 0.3) is 5.91 Å². The summed E-state index contributed by atoms with van der Waals surface area (Å²) in [5.41, 5.74) is 4.17. The predicted octanol–water partition coefficient (Wildman–Crippen LogP) is 4.57. The molecule has 3 amide bonds. The maximum absolute atomic E-state index is 13.3. The van der Waals surface area contributed by atoms with E-state index in [-0.39, 0.29) is 11.9 Å². The number of aromatic amines is 1. The van der Waals surface area contributed by atoms with Crippen LogP contribution in [0.2, 0.25) is 0 Å². The monoisotopic (exact) mass is 438 g/mol. The number of para-hydroxylation sites is 1. The first-order valence-electron chi connectivity index (χ1n) is 10.5. The number of rotatable bonds is 5. The Kier molecular flexibility index (Phi) is 5.24. The lowest BCUT2D eigenvalue weighted by molar-refractivity contribution is -0.113. The molecule has 164 valence electrons. The number of nitrogens with zero attached hydrogens (tertiary/aromatic N) is 1. The fraction of sp³-hybridized carbons (Fsp3) is 0.0800. The average molecular weight is 438 g/mol. The number of carbonyl (C=O) groups excluding carboxylic acids is 2. The van der Waals surface area contributed by atoms with Gasteiger partial charge in [-0.15, -0.1) is 0 Å². The fourth-order valence-corrected chi connectivity index (χ4v) is 3.93. The van der Waals surface area contributed by atoms with Crippen LogP contribution in [0, 0.1) is 0 Å². The number of benzene rings is 3. The topological polar surface area (TPSA) is 111 Å². The van der Waals surface area contributed by atoms with E-state index in [1.165, 1.54) is 0 Å². The van der Waals surface area contributed by atoms with Crippen LogP contribution >= 0.6 is 0 Å². The molecule has 4 aromatic rings. The van der Waals surface area contributed by atoms with Gasteiger partial charge in [0.15, 0.2) is 5.82 Å². The second-order valence-corrected chi connectivity index (χ2v) is 7.76. The van der Waals surface area contributed by atoms with Crippen molar-refractivity contribution in [2.75, 3.05) is 10.6 Å². The quantitative estimate of drug-likeness (QED) is 0.314. The molecule has 8 nitrogen and oxygen atoms in total. The summed E-state index contributed by atoms with van der Waals surface area (Å²) in [7, 11) is 0. The third-order valence-electron chi connectivity index (χ3n) is 5.50. The van der Waals surface area contributed by atoms with E-state index in [0.717, 1.165) is 22.2 Å². The zero-order chi connectivity index (χ0) is 22.8. The summed E-state index contributed by atoms with van der Waals surface area (Å²) >= 11 is 0. The summed E-state index contributed by atoms with van der Waals surface area (Å²) in [6.07, 6.45) is 0. The van der Waals surface area contributed by atoms with Crippen molar-refractivity contribution < 1.29 is 9.59 Å². The van der Waals surface area contributed by atoms with Crippen molar-refractivity contribution in [3.05, 3.63) is 95.7 Å². The van der Waals surface area contributed by atoms with Crippen LogP contribution < -0.4 is 21.3 Å². The van der Waals surface area contributed by atoms with Crippen molar-refractivity contribution in [1.82, 2.24) is 20.8 Å². The van der Waals surface area contributed by atoms with Crippen molar-refractivity contribution in [3.8, 4) is 0 Å². The Hall–Kier alpha value is -4.59. The van der Waals surface area contributed by atoms with Crippen LogP contribution in [0.3, 0.4) is 0 Å². The van der Waals surface area contributed by atoms with Gasteiger partial charge in [-0.2, -0.15) is 5.10 Å². The molecule has 1 unspecified atom stereocenters. The first-order valence-corrected chi connectivity index (χ1v) is 10.5. The largest absolute Gasteiger partial charge is 0.338 e. The third kappa shape index (κ3) is 4.14. The van der Waals surface area contributed by atoms with Gasteiger partial charge >= 0.3 is 6.03 Å². The maximum Gasteiger partial charge on any atom is 0.319 e. The van der Waals surface area contributed by atoms with Crippen LogP contribution in [-0.2, 0) is 4.79 Å². The molecular weight excluding hydrogens is 416 g/mol. The van der Waals surface area contributed by atoms with E-state index in [2.05, 4.69) is 31.5 Å². The van der Waals surface area contributed by atoms with E-state index in [4.69, 9.17) is 0 Å². The lowest BCUT2D eigenvalue weighted by Gasteiger charge is -2.28. The van der Waals surface area contributed by atoms with Gasteiger partial charge < -0.3 is 21.3 Å². The summed E-state index contributed by atoms with van der Waals surface area (Å²) < 4.78 is 0. The SMILES string of the molecule is CC1=C(C(=O)Nc2ccc3[nH]nc(Nc4ccccc4)c3c2)C(c2ccccc2)NC(=O)N1. The molecule has 0 aliphatic carbocycles. The predicted molar refractivity (Wildman–Crippen MR) is 128 cm³/mol. The minimum Gasteiger partial charge on any atom is -0.338 e. The molecule has 0 saturated heterocycles. The number of fused-ring (bicyclic) bond motifs is 1. The Bertz CT molecular complexity index is 1360. The molecule has 5 rings (SSSR count). The highest BCUT2D eigenvalue weighted by atomic mass is 16.2. The molecule has 2 heterocycles. The van der Waals surface area contributed by atoms with E-state index in [1.807, 2.05) is 78.9 Å². The molecule has 1 atom stereocenters. The standard InChI is InChI=1S/C25H22N6O2/c1-15-21(22(29-25(33)26-15)16-8-4-2-5-9-16)24(32)28-18-12-13-20-19(14-18)23(31-30-20)27-17-10-6-3-7-11-17/h2-14,22H,1H3,(H,28,32)(H2,26,29,33)(H2,27,30,31). The van der Waals surface area contributed by atoms with Crippen molar-refractivity contribution in [2.45, 2.75) is 13.0 Å². The number of aromatic nitrogens is 2. The molecule has 0 saturated carbocycles. The summed E-state index contributed by atoms with van der Waals surface area (Å²) in [6.45, 7) is 1.73. The number of amides is 3. The summed E-state index contributed by atoms with van der Waals surface area (Å²) in [5, 5.41) is 20.0. The second kappa shape index (κ2) is 8.51. The Morgan fingerprint density at radius 1 is 0.939 bits per heavy atom. The fourth-order valence-electron chi connectivity index (χ4n) is 3.93. The number of nitrogens with one attached hydrogen (secondary N) is 5. The van der Waals surface area contributed by atoms with E-state index in [9.17, 15) is 9.59 Å². The molecule has 8 heteroatoms. The van der Waals surface area contributed by atoms with Crippen LogP contribution in [0.1, 0.15) is 18.5 Å². The number of allylic oxidation sites excluding steroid dienone is 1. The lowest BCUT2D eigenvalue weighted by Crippen LogP contribution is -2.45. The van der Waals surface area contributed by atoms with Crippen LogP contribution in [0.25, 0.3) is 10.9 Å². The summed E-state index contributed by atoms with van der Waals surface area (Å²) in [6, 6.07) is 23.8. The molecule has 5 N–H and O–H groups in total. The average Bonchev–Trinajstić information content (AvgIpc) is 3.21. The maximum atomic E-state index is 13.3. The number of urea groups is 1. The minimum atomic E-state index is -0.548. The van der Waals surface area contributed by atoms with Crippen LogP contribution in [0.15, 0.2) is 90.1 Å². The van der Waals surface area contributed by atoms with Gasteiger partial charge in [-0.25, -0.2) is 4.79 Å². The number of hydrogen-bond donors (Lipinski definition) is 5. The normalized spacial score (nSPS) is 15.7. The highest BCUT2D eigenvalue weighted by molar-refractivity contribution is 6.08. The van der Waals surface area contributed by atoms with Crippen molar-refractivity contribution in [1.29, 1.82) is 0 Å². The molecule has 1 aromatic heterocycles. The van der Waals surface area contributed by atoms with Gasteiger partial charge in [0, 0.05) is 22.5 Å². The molecule has 0 bridgehead atoms. The van der Waals surface area contributed by atoms with Crippen molar-refractivity contribution >= 4 is 40.0 Å². The van der Waals surface area contributed by atoms with Gasteiger partial charge in [0.2, 0.25) is 0 Å². The van der Waals surface area contributed by atoms with Gasteiger partial charge in [0.1, 0.15) is 0 Å². The molecule has 1 aliphatic rings. The van der Waals surface area contributed by atoms with Crippen molar-refractivity contribution in [3.63, 3.8) is 0 Å². The Labute approximate surface area is 190 Å². The summed E-state index contributed by atoms with van der Waals surface area (Å²) in [4.78, 5) is 25.4. The first-order chi connectivity index (χ1) is 16.1. The second-order valence-electron chi connectivity index (χ2n) is 7.76. The molecule has 1 aliphatic heterocycles. The number of H-pyrrole nitrogens is 1. The highest BCUT2D eigenvalue weighted by Gasteiger charge is 2.31. The smallest absolute Gasteiger partial charge is 0.319 e. The number of anilines is 3. The summed E-state index contributed by atoms with van der Waals surface area (Å²) in [5.74, 6) is 0.366. The molecule has 3 aromatic carbocycles. The Morgan fingerprint density at radius 3 is 2.42 bits per heavy atom. The lowest BCUT2D eigenvalue weighted by atomic mass is 9.95. The first kappa shape index (κ1) is 20.3. The zero-order valence-corrected chi connectivity index (χ0v) is 17.8. The van der Waals surface area contributed by atoms with Gasteiger partial charge in [-0.1, -0.05) is 48.5 Å². The van der Waals surface area contributed by atoms with E-state index in [0.29, 0.717) is 22.8 Å². The van der Waals surface area contributed by atoms with E-state index in [1.54, 1.807) is 6.92 Å². The third-order valence-corrected chi connectivity index (χ3v) is 5.50.